The van der Waals surface area contributed by atoms with Crippen LogP contribution in [-0.4, -0.2) is 5.11 Å². The highest BCUT2D eigenvalue weighted by Gasteiger charge is 2.14. The fourth-order valence-electron chi connectivity index (χ4n) is 2.22. The predicted octanol–water partition coefficient (Wildman–Crippen LogP) is 6.29. The molecule has 0 aliphatic heterocycles. The van der Waals surface area contributed by atoms with Crippen LogP contribution in [0.1, 0.15) is 18.2 Å². The molecule has 0 atom stereocenters. The lowest BCUT2D eigenvalue weighted by Gasteiger charge is -2.00. The number of hydrogen-bond acceptors (Lipinski definition) is 1. The molecule has 4 heteroatoms. The van der Waals surface area contributed by atoms with Crippen molar-refractivity contribution in [1.29, 1.82) is 0 Å². The van der Waals surface area contributed by atoms with E-state index in [-0.39, 0.29) is 5.75 Å². The quantitative estimate of drug-likeness (QED) is 0.559. The Morgan fingerprint density at radius 1 is 1.00 bits per heavy atom. The molecule has 2 nitrogen and oxygen atoms in total. The summed E-state index contributed by atoms with van der Waals surface area (Å²) in [5.41, 5.74) is 2.29. The van der Waals surface area contributed by atoms with E-state index in [1.54, 1.807) is 24.3 Å². The van der Waals surface area contributed by atoms with Crippen LogP contribution in [0.25, 0.3) is 22.6 Å². The molecule has 0 bridgehead atoms. The van der Waals surface area contributed by atoms with Crippen LogP contribution in [0.4, 0.5) is 0 Å². The molecular weight excluding hydrogens is 319 g/mol. The summed E-state index contributed by atoms with van der Waals surface area (Å²) in [5.74, 6) is 0.894. The van der Waals surface area contributed by atoms with Crippen LogP contribution in [0.3, 0.4) is 0 Å². The van der Waals surface area contributed by atoms with Crippen molar-refractivity contribution in [2.45, 2.75) is 6.92 Å². The lowest BCUT2D eigenvalue weighted by molar-refractivity contribution is 0.474. The predicted molar refractivity (Wildman–Crippen MR) is 92.3 cm³/mol. The van der Waals surface area contributed by atoms with Crippen LogP contribution in [0.2, 0.25) is 10.0 Å². The van der Waals surface area contributed by atoms with Gasteiger partial charge in [0.05, 0.1) is 11.0 Å². The van der Waals surface area contributed by atoms with Gasteiger partial charge in [-0.1, -0.05) is 23.2 Å². The van der Waals surface area contributed by atoms with Crippen molar-refractivity contribution >= 4 is 45.8 Å². The van der Waals surface area contributed by atoms with E-state index < -0.39 is 0 Å². The minimum atomic E-state index is 0.177. The molecule has 3 aromatic rings. The Hall–Kier alpha value is -2.03. The average Bonchev–Trinajstić information content (AvgIpc) is 2.50. The number of phenols is 1. The van der Waals surface area contributed by atoms with Gasteiger partial charge in [0.2, 0.25) is 0 Å². The largest absolute Gasteiger partial charge is 0.507 e. The van der Waals surface area contributed by atoms with Gasteiger partial charge in [-0.25, -0.2) is 4.42 Å². The van der Waals surface area contributed by atoms with Gasteiger partial charge >= 0.3 is 11.3 Å². The maximum absolute atomic E-state index is 9.88. The van der Waals surface area contributed by atoms with Crippen LogP contribution in [0.15, 0.2) is 52.9 Å². The third-order valence-electron chi connectivity index (χ3n) is 3.36. The van der Waals surface area contributed by atoms with E-state index in [9.17, 15) is 5.11 Å². The second-order valence-corrected chi connectivity index (χ2v) is 5.89. The molecule has 1 heterocycles. The highest BCUT2D eigenvalue weighted by Crippen LogP contribution is 2.28. The van der Waals surface area contributed by atoms with Crippen LogP contribution < -0.4 is 0 Å². The topological polar surface area (TPSA) is 31.5 Å². The molecule has 0 fully saturated rings. The molecule has 0 aliphatic carbocycles. The second kappa shape index (κ2) is 5.99. The first-order chi connectivity index (χ1) is 10.5. The van der Waals surface area contributed by atoms with Crippen LogP contribution in [-0.2, 0) is 0 Å². The first-order valence-corrected chi connectivity index (χ1v) is 7.48. The number of allylic oxidation sites excluding steroid dienone is 1. The minimum absolute atomic E-state index is 0.177. The molecule has 0 radical (unpaired) electrons. The SMILES string of the molecule is C/C(=C/c1cc(Cl)ccc1O)c1ccc2cc(Cl)ccc2[o+]1. The highest BCUT2D eigenvalue weighted by molar-refractivity contribution is 6.31. The van der Waals surface area contributed by atoms with E-state index in [1.165, 1.54) is 0 Å². The highest BCUT2D eigenvalue weighted by atomic mass is 35.5. The smallest absolute Gasteiger partial charge is 0.360 e. The van der Waals surface area contributed by atoms with Crippen LogP contribution in [0.5, 0.6) is 5.75 Å². The lowest BCUT2D eigenvalue weighted by atomic mass is 10.1. The summed E-state index contributed by atoms with van der Waals surface area (Å²) in [6.45, 7) is 1.92. The number of aromatic hydroxyl groups is 1. The van der Waals surface area contributed by atoms with Gasteiger partial charge in [0.15, 0.2) is 0 Å². The molecule has 0 amide bonds. The number of fused-ring (bicyclic) bond motifs is 1. The van der Waals surface area contributed by atoms with Crippen molar-refractivity contribution in [1.82, 2.24) is 0 Å². The molecule has 0 saturated carbocycles. The van der Waals surface area contributed by atoms with Gasteiger partial charge in [0.1, 0.15) is 5.75 Å². The average molecular weight is 332 g/mol. The zero-order valence-electron chi connectivity index (χ0n) is 11.8. The summed E-state index contributed by atoms with van der Waals surface area (Å²) in [5, 5.41) is 12.1. The summed E-state index contributed by atoms with van der Waals surface area (Å²) in [6.07, 6.45) is 1.84. The molecule has 0 unspecified atom stereocenters. The number of benzene rings is 2. The number of hydrogen-bond donors (Lipinski definition) is 1. The van der Waals surface area contributed by atoms with Gasteiger partial charge in [0.25, 0.3) is 0 Å². The fourth-order valence-corrected chi connectivity index (χ4v) is 2.58. The van der Waals surface area contributed by atoms with E-state index in [1.807, 2.05) is 37.3 Å². The molecule has 3 rings (SSSR count). The number of rotatable bonds is 2. The molecule has 2 aromatic carbocycles. The van der Waals surface area contributed by atoms with E-state index in [0.717, 1.165) is 16.5 Å². The van der Waals surface area contributed by atoms with E-state index in [0.29, 0.717) is 21.4 Å². The molecule has 0 spiro atoms. The van der Waals surface area contributed by atoms with Crippen molar-refractivity contribution < 1.29 is 9.52 Å². The molecule has 110 valence electrons. The van der Waals surface area contributed by atoms with Crippen molar-refractivity contribution in [3.63, 3.8) is 0 Å². The van der Waals surface area contributed by atoms with Gasteiger partial charge in [-0.05, 0) is 49.4 Å². The van der Waals surface area contributed by atoms with Gasteiger partial charge in [-0.15, -0.1) is 0 Å². The van der Waals surface area contributed by atoms with Crippen molar-refractivity contribution in [2.24, 2.45) is 0 Å². The van der Waals surface area contributed by atoms with Crippen molar-refractivity contribution in [3.05, 3.63) is 69.9 Å². The summed E-state index contributed by atoms with van der Waals surface area (Å²) < 4.78 is 5.88. The Kier molecular flexibility index (Phi) is 4.06. The lowest BCUT2D eigenvalue weighted by Crippen LogP contribution is -1.83. The number of halogens is 2. The minimum Gasteiger partial charge on any atom is -0.507 e. The third kappa shape index (κ3) is 3.08. The van der Waals surface area contributed by atoms with Crippen molar-refractivity contribution in [2.75, 3.05) is 0 Å². The Morgan fingerprint density at radius 3 is 2.55 bits per heavy atom. The van der Waals surface area contributed by atoms with Crippen molar-refractivity contribution in [3.8, 4) is 5.75 Å². The van der Waals surface area contributed by atoms with Gasteiger partial charge < -0.3 is 5.11 Å². The first-order valence-electron chi connectivity index (χ1n) is 6.72. The van der Waals surface area contributed by atoms with Crippen LogP contribution in [0, 0.1) is 0 Å². The Balaban J connectivity index is 2.04. The molecule has 0 aliphatic rings. The maximum atomic E-state index is 9.88. The summed E-state index contributed by atoms with van der Waals surface area (Å²) in [4.78, 5) is 0. The van der Waals surface area contributed by atoms with Gasteiger partial charge in [0, 0.05) is 27.7 Å². The normalized spacial score (nSPS) is 11.9. The Morgan fingerprint density at radius 2 is 1.73 bits per heavy atom. The summed E-state index contributed by atoms with van der Waals surface area (Å²) in [6, 6.07) is 14.2. The molecule has 22 heavy (non-hydrogen) atoms. The third-order valence-corrected chi connectivity index (χ3v) is 3.83. The molecular formula is C18H13Cl2O2+. The van der Waals surface area contributed by atoms with E-state index >= 15 is 0 Å². The first kappa shape index (κ1) is 14.9. The zero-order valence-corrected chi connectivity index (χ0v) is 13.3. The Bertz CT molecular complexity index is 885. The second-order valence-electron chi connectivity index (χ2n) is 5.01. The van der Waals surface area contributed by atoms with E-state index in [2.05, 4.69) is 0 Å². The monoisotopic (exact) mass is 331 g/mol. The summed E-state index contributed by atoms with van der Waals surface area (Å²) >= 11 is 11.9. The Labute approximate surface area is 138 Å². The van der Waals surface area contributed by atoms with E-state index in [4.69, 9.17) is 27.6 Å². The van der Waals surface area contributed by atoms with Gasteiger partial charge in [-0.2, -0.15) is 0 Å². The maximum Gasteiger partial charge on any atom is 0.360 e. The summed E-state index contributed by atoms with van der Waals surface area (Å²) in [7, 11) is 0. The molecule has 1 aromatic heterocycles. The fraction of sp³-hybridized carbons (Fsp3) is 0.0556. The zero-order chi connectivity index (χ0) is 15.7. The number of phenolic OH excluding ortho intramolecular Hbond substituents is 1. The molecule has 1 N–H and O–H groups in total. The van der Waals surface area contributed by atoms with Gasteiger partial charge in [-0.3, -0.25) is 0 Å². The standard InChI is InChI=1S/C18H12Cl2O2/c1-11(8-13-10-14(19)3-5-16(13)21)17-6-2-12-9-15(20)4-7-18(12)22-17/h2-10H,1H3/p+1/b11-8-. The molecule has 0 saturated heterocycles. The van der Waals surface area contributed by atoms with Crippen LogP contribution >= 0.6 is 23.2 Å².